The second kappa shape index (κ2) is 8.96. The maximum atomic E-state index is 13.6. The smallest absolute Gasteiger partial charge is 0.326 e. The Balaban J connectivity index is 1.58. The van der Waals surface area contributed by atoms with Gasteiger partial charge >= 0.3 is 6.03 Å². The normalized spacial score (nSPS) is 15.9. The number of nitrogens with one attached hydrogen (secondary N) is 2. The van der Waals surface area contributed by atoms with E-state index >= 15 is 0 Å². The number of hydrogen-bond acceptors (Lipinski definition) is 3. The van der Waals surface area contributed by atoms with Crippen LogP contribution in [0.2, 0.25) is 0 Å². The molecule has 3 aromatic rings. The molecule has 0 aliphatic carbocycles. The molecule has 0 radical (unpaired) electrons. The number of benzene rings is 3. The van der Waals surface area contributed by atoms with Gasteiger partial charge in [0.15, 0.2) is 5.54 Å². The highest BCUT2D eigenvalue weighted by Gasteiger charge is 2.54. The number of amides is 4. The molecule has 3 aromatic carbocycles. The Morgan fingerprint density at radius 2 is 1.47 bits per heavy atom. The van der Waals surface area contributed by atoms with Crippen molar-refractivity contribution >= 4 is 33.8 Å². The van der Waals surface area contributed by atoms with Crippen LogP contribution in [-0.4, -0.2) is 29.3 Å². The van der Waals surface area contributed by atoms with Crippen molar-refractivity contribution in [2.45, 2.75) is 18.5 Å². The molecule has 0 aromatic heterocycles. The lowest BCUT2D eigenvalue weighted by Gasteiger charge is -2.28. The summed E-state index contributed by atoms with van der Waals surface area (Å²) >= 11 is 3.39. The largest absolute Gasteiger partial charge is 0.348 e. The zero-order valence-electron chi connectivity index (χ0n) is 17.4. The van der Waals surface area contributed by atoms with E-state index in [1.165, 1.54) is 0 Å². The molecule has 1 aliphatic heterocycles. The zero-order chi connectivity index (χ0) is 22.7. The van der Waals surface area contributed by atoms with Crippen LogP contribution in [0.1, 0.15) is 29.7 Å². The number of imide groups is 1. The second-order valence-electron chi connectivity index (χ2n) is 7.64. The van der Waals surface area contributed by atoms with Crippen molar-refractivity contribution in [3.63, 3.8) is 0 Å². The van der Waals surface area contributed by atoms with Crippen molar-refractivity contribution in [3.05, 3.63) is 106 Å². The lowest BCUT2D eigenvalue weighted by Crippen LogP contribution is -2.46. The fourth-order valence-corrected chi connectivity index (χ4v) is 4.18. The van der Waals surface area contributed by atoms with Crippen molar-refractivity contribution in [1.82, 2.24) is 15.5 Å². The summed E-state index contributed by atoms with van der Waals surface area (Å²) in [5, 5.41) is 5.71. The molecular weight excluding hydrogens is 470 g/mol. The highest BCUT2D eigenvalue weighted by atomic mass is 79.9. The Labute approximate surface area is 194 Å². The molecule has 1 fully saturated rings. The molecule has 32 heavy (non-hydrogen) atoms. The first-order chi connectivity index (χ1) is 15.4. The quantitative estimate of drug-likeness (QED) is 0.509. The van der Waals surface area contributed by atoms with Crippen LogP contribution in [0, 0.1) is 0 Å². The topological polar surface area (TPSA) is 78.5 Å². The Morgan fingerprint density at radius 1 is 0.938 bits per heavy atom. The maximum Gasteiger partial charge on any atom is 0.326 e. The van der Waals surface area contributed by atoms with Crippen LogP contribution >= 0.6 is 15.9 Å². The number of halogens is 1. The summed E-state index contributed by atoms with van der Waals surface area (Å²) in [5.41, 5.74) is 0.810. The van der Waals surface area contributed by atoms with E-state index in [1.807, 2.05) is 67.6 Å². The molecule has 1 atom stereocenters. The molecule has 7 heteroatoms. The van der Waals surface area contributed by atoms with Crippen LogP contribution in [0.4, 0.5) is 4.79 Å². The van der Waals surface area contributed by atoms with Crippen molar-refractivity contribution < 1.29 is 14.4 Å². The van der Waals surface area contributed by atoms with Gasteiger partial charge in [0, 0.05) is 4.47 Å². The van der Waals surface area contributed by atoms with Crippen LogP contribution in [0.5, 0.6) is 0 Å². The van der Waals surface area contributed by atoms with Gasteiger partial charge in [-0.05, 0) is 35.7 Å². The van der Waals surface area contributed by atoms with Crippen LogP contribution < -0.4 is 10.6 Å². The molecule has 0 bridgehead atoms. The van der Waals surface area contributed by atoms with Crippen LogP contribution in [0.3, 0.4) is 0 Å². The van der Waals surface area contributed by atoms with Crippen molar-refractivity contribution in [2.24, 2.45) is 0 Å². The first-order valence-corrected chi connectivity index (χ1v) is 11.0. The SMILES string of the molecule is C[C@@H](NC(=O)CN1C(=O)NC(c2ccccc2)(c2ccccc2)C1=O)c1ccc(Br)cc1. The highest BCUT2D eigenvalue weighted by molar-refractivity contribution is 9.10. The molecule has 1 heterocycles. The van der Waals surface area contributed by atoms with Crippen LogP contribution in [0.15, 0.2) is 89.4 Å². The lowest BCUT2D eigenvalue weighted by atomic mass is 9.82. The fraction of sp³-hybridized carbons (Fsp3) is 0.160. The highest BCUT2D eigenvalue weighted by Crippen LogP contribution is 2.35. The van der Waals surface area contributed by atoms with Gasteiger partial charge in [-0.15, -0.1) is 0 Å². The van der Waals surface area contributed by atoms with Crippen LogP contribution in [-0.2, 0) is 15.1 Å². The molecule has 1 aliphatic rings. The number of nitrogens with zero attached hydrogens (tertiary/aromatic N) is 1. The fourth-order valence-electron chi connectivity index (χ4n) is 3.92. The van der Waals surface area contributed by atoms with Crippen LogP contribution in [0.25, 0.3) is 0 Å². The van der Waals surface area contributed by atoms with Gasteiger partial charge in [-0.2, -0.15) is 0 Å². The van der Waals surface area contributed by atoms with Gasteiger partial charge in [0.2, 0.25) is 5.91 Å². The summed E-state index contributed by atoms with van der Waals surface area (Å²) in [6.07, 6.45) is 0. The lowest BCUT2D eigenvalue weighted by molar-refractivity contribution is -0.134. The summed E-state index contributed by atoms with van der Waals surface area (Å²) in [4.78, 5) is 40.2. The Kier molecular flexibility index (Phi) is 6.10. The monoisotopic (exact) mass is 491 g/mol. The first kappa shape index (κ1) is 21.8. The Hall–Kier alpha value is -3.45. The molecule has 0 saturated carbocycles. The summed E-state index contributed by atoms with van der Waals surface area (Å²) in [6, 6.07) is 24.8. The van der Waals surface area contributed by atoms with Gasteiger partial charge in [0.05, 0.1) is 6.04 Å². The minimum absolute atomic E-state index is 0.274. The summed E-state index contributed by atoms with van der Waals surface area (Å²) in [6.45, 7) is 1.48. The van der Waals surface area contributed by atoms with Gasteiger partial charge in [-0.3, -0.25) is 14.5 Å². The Bertz CT molecular complexity index is 1090. The van der Waals surface area contributed by atoms with Gasteiger partial charge in [0.1, 0.15) is 6.54 Å². The van der Waals surface area contributed by atoms with E-state index in [-0.39, 0.29) is 12.6 Å². The number of urea groups is 1. The van der Waals surface area contributed by atoms with E-state index in [1.54, 1.807) is 24.3 Å². The third-order valence-electron chi connectivity index (χ3n) is 5.57. The molecule has 162 valence electrons. The van der Waals surface area contributed by atoms with Gasteiger partial charge in [-0.25, -0.2) is 4.79 Å². The predicted octanol–water partition coefficient (Wildman–Crippen LogP) is 4.12. The molecule has 2 N–H and O–H groups in total. The molecular formula is C25H22BrN3O3. The molecule has 4 rings (SSSR count). The van der Waals surface area contributed by atoms with Gasteiger partial charge in [0.25, 0.3) is 5.91 Å². The molecule has 6 nitrogen and oxygen atoms in total. The molecule has 4 amide bonds. The second-order valence-corrected chi connectivity index (χ2v) is 8.56. The standard InChI is InChI=1S/C25H22BrN3O3/c1-17(18-12-14-21(26)15-13-18)27-22(30)16-29-23(31)25(28-24(29)32,19-8-4-2-5-9-19)20-10-6-3-7-11-20/h2-15,17H,16H2,1H3,(H,27,30)(H,28,32)/t17-/m1/s1. The number of rotatable bonds is 6. The van der Waals surface area contributed by atoms with Crippen molar-refractivity contribution in [2.75, 3.05) is 6.54 Å². The summed E-state index contributed by atoms with van der Waals surface area (Å²) in [7, 11) is 0. The van der Waals surface area contributed by atoms with E-state index in [9.17, 15) is 14.4 Å². The minimum Gasteiger partial charge on any atom is -0.348 e. The van der Waals surface area contributed by atoms with Crippen molar-refractivity contribution in [3.8, 4) is 0 Å². The summed E-state index contributed by atoms with van der Waals surface area (Å²) < 4.78 is 0.942. The third-order valence-corrected chi connectivity index (χ3v) is 6.10. The number of hydrogen-bond donors (Lipinski definition) is 2. The molecule has 0 unspecified atom stereocenters. The van der Waals surface area contributed by atoms with Gasteiger partial charge < -0.3 is 10.6 Å². The van der Waals surface area contributed by atoms with E-state index < -0.39 is 23.4 Å². The van der Waals surface area contributed by atoms with Crippen molar-refractivity contribution in [1.29, 1.82) is 0 Å². The average molecular weight is 492 g/mol. The number of carbonyl (C=O) groups is 3. The summed E-state index contributed by atoms with van der Waals surface area (Å²) in [5.74, 6) is -0.896. The zero-order valence-corrected chi connectivity index (χ0v) is 19.0. The predicted molar refractivity (Wildman–Crippen MR) is 125 cm³/mol. The minimum atomic E-state index is -1.38. The maximum absolute atomic E-state index is 13.6. The number of carbonyl (C=O) groups excluding carboxylic acids is 3. The van der Waals surface area contributed by atoms with E-state index in [4.69, 9.17) is 0 Å². The third kappa shape index (κ3) is 4.03. The Morgan fingerprint density at radius 3 is 2.00 bits per heavy atom. The van der Waals surface area contributed by atoms with E-state index in [2.05, 4.69) is 26.6 Å². The molecule has 1 saturated heterocycles. The van der Waals surface area contributed by atoms with Gasteiger partial charge in [-0.1, -0.05) is 88.7 Å². The van der Waals surface area contributed by atoms with E-state index in [0.717, 1.165) is 14.9 Å². The molecule has 0 spiro atoms. The average Bonchev–Trinajstić information content (AvgIpc) is 3.06. The first-order valence-electron chi connectivity index (χ1n) is 10.2. The van der Waals surface area contributed by atoms with E-state index in [0.29, 0.717) is 11.1 Å².